The zero-order valence-electron chi connectivity index (χ0n) is 10.4. The Labute approximate surface area is 92.3 Å². The maximum atomic E-state index is 11.3. The van der Waals surface area contributed by atoms with Crippen molar-refractivity contribution < 1.29 is 14.3 Å². The van der Waals surface area contributed by atoms with E-state index in [2.05, 4.69) is 5.32 Å². The molecule has 0 aliphatic carbocycles. The van der Waals surface area contributed by atoms with Crippen LogP contribution in [0.15, 0.2) is 0 Å². The molecular weight excluding hydrogens is 194 g/mol. The first-order valence-corrected chi connectivity index (χ1v) is 5.29. The number of nitrogens with one attached hydrogen (secondary N) is 1. The fraction of sp³-hybridized carbons (Fsp3) is 0.909. The summed E-state index contributed by atoms with van der Waals surface area (Å²) in [5.41, 5.74) is -0.315. The predicted molar refractivity (Wildman–Crippen MR) is 59.8 cm³/mol. The molecule has 0 saturated heterocycles. The molecule has 4 heteroatoms. The number of hydrogen-bond acceptors (Lipinski definition) is 3. The molecule has 0 heterocycles. The molecule has 0 atom stereocenters. The maximum absolute atomic E-state index is 11.3. The third-order valence-electron chi connectivity index (χ3n) is 1.95. The number of carbonyl (C=O) groups excluding carboxylic acids is 1. The van der Waals surface area contributed by atoms with Gasteiger partial charge in [-0.25, -0.2) is 0 Å². The van der Waals surface area contributed by atoms with E-state index in [1.165, 1.54) is 0 Å². The normalized spacial score (nSPS) is 11.9. The highest BCUT2D eigenvalue weighted by atomic mass is 16.5. The van der Waals surface area contributed by atoms with Crippen LogP contribution in [-0.4, -0.2) is 37.9 Å². The van der Waals surface area contributed by atoms with Gasteiger partial charge in [-0.2, -0.15) is 0 Å². The Morgan fingerprint density at radius 2 is 2.00 bits per heavy atom. The van der Waals surface area contributed by atoms with E-state index < -0.39 is 0 Å². The molecule has 0 aliphatic heterocycles. The van der Waals surface area contributed by atoms with Gasteiger partial charge in [0.1, 0.15) is 6.61 Å². The van der Waals surface area contributed by atoms with E-state index in [0.717, 1.165) is 6.42 Å². The van der Waals surface area contributed by atoms with E-state index in [1.807, 2.05) is 27.7 Å². The van der Waals surface area contributed by atoms with E-state index in [9.17, 15) is 4.79 Å². The van der Waals surface area contributed by atoms with Crippen LogP contribution in [0.25, 0.3) is 0 Å². The fourth-order valence-electron chi connectivity index (χ4n) is 1.04. The molecule has 0 rings (SSSR count). The average Bonchev–Trinajstić information content (AvgIpc) is 2.11. The minimum Gasteiger partial charge on any atom is -0.385 e. The zero-order valence-corrected chi connectivity index (χ0v) is 10.4. The van der Waals surface area contributed by atoms with Gasteiger partial charge in [0, 0.05) is 19.8 Å². The van der Waals surface area contributed by atoms with Gasteiger partial charge in [0.15, 0.2) is 0 Å². The minimum absolute atomic E-state index is 0.0736. The first-order chi connectivity index (χ1) is 6.87. The standard InChI is InChI=1S/C11H23NO3/c1-9(2)12-10(13)8-15-11(3,4)6-7-14-5/h9H,6-8H2,1-5H3,(H,12,13). The van der Waals surface area contributed by atoms with E-state index in [1.54, 1.807) is 7.11 Å². The third-order valence-corrected chi connectivity index (χ3v) is 1.95. The molecule has 0 saturated carbocycles. The summed E-state index contributed by atoms with van der Waals surface area (Å²) in [7, 11) is 1.65. The lowest BCUT2D eigenvalue weighted by Gasteiger charge is -2.24. The molecular formula is C11H23NO3. The summed E-state index contributed by atoms with van der Waals surface area (Å²) in [4.78, 5) is 11.3. The molecule has 90 valence electrons. The van der Waals surface area contributed by atoms with Crippen LogP contribution in [0.5, 0.6) is 0 Å². The van der Waals surface area contributed by atoms with Crippen molar-refractivity contribution in [3.05, 3.63) is 0 Å². The minimum atomic E-state index is -0.315. The molecule has 4 nitrogen and oxygen atoms in total. The second-order valence-corrected chi connectivity index (χ2v) is 4.51. The Hall–Kier alpha value is -0.610. The Morgan fingerprint density at radius 3 is 2.47 bits per heavy atom. The van der Waals surface area contributed by atoms with Gasteiger partial charge in [-0.05, 0) is 34.1 Å². The van der Waals surface area contributed by atoms with Gasteiger partial charge in [-0.15, -0.1) is 0 Å². The maximum Gasteiger partial charge on any atom is 0.246 e. The fourth-order valence-corrected chi connectivity index (χ4v) is 1.04. The summed E-state index contributed by atoms with van der Waals surface area (Å²) in [6, 6.07) is 0.156. The largest absolute Gasteiger partial charge is 0.385 e. The summed E-state index contributed by atoms with van der Waals surface area (Å²) in [5.74, 6) is -0.0736. The van der Waals surface area contributed by atoms with Crippen molar-refractivity contribution in [2.75, 3.05) is 20.3 Å². The quantitative estimate of drug-likeness (QED) is 0.700. The number of ether oxygens (including phenoxy) is 2. The summed E-state index contributed by atoms with van der Waals surface area (Å²) in [5, 5.41) is 2.78. The predicted octanol–water partition coefficient (Wildman–Crippen LogP) is 1.34. The summed E-state index contributed by atoms with van der Waals surface area (Å²) in [6.45, 7) is 8.50. The van der Waals surface area contributed by atoms with Crippen molar-refractivity contribution in [3.8, 4) is 0 Å². The van der Waals surface area contributed by atoms with Crippen LogP contribution in [-0.2, 0) is 14.3 Å². The van der Waals surface area contributed by atoms with Gasteiger partial charge < -0.3 is 14.8 Å². The molecule has 0 spiro atoms. The van der Waals surface area contributed by atoms with Crippen molar-refractivity contribution >= 4 is 5.91 Å². The number of rotatable bonds is 7. The van der Waals surface area contributed by atoms with Crippen LogP contribution in [0.4, 0.5) is 0 Å². The number of carbonyl (C=O) groups is 1. The second kappa shape index (κ2) is 6.80. The molecule has 1 N–H and O–H groups in total. The monoisotopic (exact) mass is 217 g/mol. The van der Waals surface area contributed by atoms with Crippen molar-refractivity contribution in [3.63, 3.8) is 0 Å². The number of hydrogen-bond donors (Lipinski definition) is 1. The van der Waals surface area contributed by atoms with Crippen LogP contribution in [0.1, 0.15) is 34.1 Å². The van der Waals surface area contributed by atoms with Crippen molar-refractivity contribution in [2.45, 2.75) is 45.8 Å². The average molecular weight is 217 g/mol. The van der Waals surface area contributed by atoms with E-state index in [0.29, 0.717) is 6.61 Å². The van der Waals surface area contributed by atoms with Crippen molar-refractivity contribution in [2.24, 2.45) is 0 Å². The van der Waals surface area contributed by atoms with E-state index in [4.69, 9.17) is 9.47 Å². The van der Waals surface area contributed by atoms with E-state index >= 15 is 0 Å². The Balaban J connectivity index is 3.77. The van der Waals surface area contributed by atoms with Gasteiger partial charge in [-0.3, -0.25) is 4.79 Å². The lowest BCUT2D eigenvalue weighted by Crippen LogP contribution is -2.37. The van der Waals surface area contributed by atoms with Crippen molar-refractivity contribution in [1.82, 2.24) is 5.32 Å². The summed E-state index contributed by atoms with van der Waals surface area (Å²) >= 11 is 0. The molecule has 0 radical (unpaired) electrons. The second-order valence-electron chi connectivity index (χ2n) is 4.51. The first-order valence-electron chi connectivity index (χ1n) is 5.29. The van der Waals surface area contributed by atoms with Gasteiger partial charge in [-0.1, -0.05) is 0 Å². The zero-order chi connectivity index (χ0) is 11.9. The Morgan fingerprint density at radius 1 is 1.40 bits per heavy atom. The topological polar surface area (TPSA) is 47.6 Å². The molecule has 0 bridgehead atoms. The van der Waals surface area contributed by atoms with Crippen LogP contribution in [0.3, 0.4) is 0 Å². The summed E-state index contributed by atoms with van der Waals surface area (Å²) < 4.78 is 10.5. The van der Waals surface area contributed by atoms with Gasteiger partial charge in [0.05, 0.1) is 5.60 Å². The molecule has 0 aromatic carbocycles. The highest BCUT2D eigenvalue weighted by Gasteiger charge is 2.19. The van der Waals surface area contributed by atoms with Gasteiger partial charge in [0.2, 0.25) is 5.91 Å². The third kappa shape index (κ3) is 8.39. The van der Waals surface area contributed by atoms with Crippen LogP contribution < -0.4 is 5.32 Å². The Bertz CT molecular complexity index is 190. The Kier molecular flexibility index (Phi) is 6.52. The SMILES string of the molecule is COCCC(C)(C)OCC(=O)NC(C)C. The number of methoxy groups -OCH3 is 1. The molecule has 0 aromatic heterocycles. The van der Waals surface area contributed by atoms with E-state index in [-0.39, 0.29) is 24.2 Å². The highest BCUT2D eigenvalue weighted by molar-refractivity contribution is 5.77. The molecule has 0 unspecified atom stereocenters. The lowest BCUT2D eigenvalue weighted by molar-refractivity contribution is -0.132. The molecule has 15 heavy (non-hydrogen) atoms. The van der Waals surface area contributed by atoms with Crippen LogP contribution in [0.2, 0.25) is 0 Å². The van der Waals surface area contributed by atoms with Gasteiger partial charge >= 0.3 is 0 Å². The molecule has 0 aliphatic rings. The van der Waals surface area contributed by atoms with Crippen molar-refractivity contribution in [1.29, 1.82) is 0 Å². The molecule has 1 amide bonds. The highest BCUT2D eigenvalue weighted by Crippen LogP contribution is 2.13. The van der Waals surface area contributed by atoms with Crippen LogP contribution >= 0.6 is 0 Å². The van der Waals surface area contributed by atoms with Gasteiger partial charge in [0.25, 0.3) is 0 Å². The smallest absolute Gasteiger partial charge is 0.246 e. The molecule has 0 fully saturated rings. The number of amides is 1. The van der Waals surface area contributed by atoms with Crippen LogP contribution in [0, 0.1) is 0 Å². The lowest BCUT2D eigenvalue weighted by atomic mass is 10.1. The molecule has 0 aromatic rings. The first kappa shape index (κ1) is 14.4. The summed E-state index contributed by atoms with van der Waals surface area (Å²) in [6.07, 6.45) is 0.776.